The van der Waals surface area contributed by atoms with Gasteiger partial charge in [0.2, 0.25) is 0 Å². The van der Waals surface area contributed by atoms with Crippen molar-refractivity contribution in [2.75, 3.05) is 32.7 Å². The molecule has 0 amide bonds. The van der Waals surface area contributed by atoms with Gasteiger partial charge >= 0.3 is 6.18 Å². The fraction of sp³-hybridized carbons (Fsp3) is 0.600. The Morgan fingerprint density at radius 1 is 1.33 bits per heavy atom. The predicted octanol–water partition coefficient (Wildman–Crippen LogP) is 2.76. The van der Waals surface area contributed by atoms with E-state index in [1.165, 1.54) is 12.1 Å². The summed E-state index contributed by atoms with van der Waals surface area (Å²) in [5.74, 6) is -1.61. The highest BCUT2D eigenvalue weighted by Gasteiger charge is 2.40. The van der Waals surface area contributed by atoms with Crippen molar-refractivity contribution in [2.24, 2.45) is 5.92 Å². The minimum atomic E-state index is -4.17. The van der Waals surface area contributed by atoms with Gasteiger partial charge in [-0.15, -0.1) is 0 Å². The molecule has 0 aliphatic carbocycles. The first-order valence-electron chi connectivity index (χ1n) is 7.11. The van der Waals surface area contributed by atoms with Crippen LogP contribution in [-0.2, 0) is 6.42 Å². The summed E-state index contributed by atoms with van der Waals surface area (Å²) in [7, 11) is 0. The monoisotopic (exact) mass is 304 g/mol. The molecule has 0 bridgehead atoms. The summed E-state index contributed by atoms with van der Waals surface area (Å²) in [6.07, 6.45) is -3.53. The van der Waals surface area contributed by atoms with E-state index in [2.05, 4.69) is 5.32 Å². The van der Waals surface area contributed by atoms with E-state index in [-0.39, 0.29) is 18.9 Å². The van der Waals surface area contributed by atoms with Gasteiger partial charge in [0.25, 0.3) is 0 Å². The SMILES string of the molecule is Cc1cc(F)ccc1CCN1CCNCC(C(F)(F)F)C1. The summed E-state index contributed by atoms with van der Waals surface area (Å²) in [5.41, 5.74) is 1.83. The van der Waals surface area contributed by atoms with E-state index in [0.29, 0.717) is 26.1 Å². The summed E-state index contributed by atoms with van der Waals surface area (Å²) in [6, 6.07) is 4.56. The Morgan fingerprint density at radius 3 is 2.76 bits per heavy atom. The number of hydrogen-bond donors (Lipinski definition) is 1. The van der Waals surface area contributed by atoms with E-state index < -0.39 is 12.1 Å². The molecule has 2 nitrogen and oxygen atoms in total. The molecular weight excluding hydrogens is 284 g/mol. The van der Waals surface area contributed by atoms with Crippen LogP contribution in [0.5, 0.6) is 0 Å². The molecular formula is C15H20F4N2. The van der Waals surface area contributed by atoms with Crippen LogP contribution >= 0.6 is 0 Å². The molecule has 21 heavy (non-hydrogen) atoms. The molecule has 1 aliphatic rings. The van der Waals surface area contributed by atoms with Crippen LogP contribution in [0.25, 0.3) is 0 Å². The van der Waals surface area contributed by atoms with Crippen molar-refractivity contribution in [2.45, 2.75) is 19.5 Å². The number of hydrogen-bond acceptors (Lipinski definition) is 2. The maximum Gasteiger partial charge on any atom is 0.394 e. The topological polar surface area (TPSA) is 15.3 Å². The molecule has 0 radical (unpaired) electrons. The molecule has 2 rings (SSSR count). The molecule has 0 spiro atoms. The maximum atomic E-state index is 13.0. The van der Waals surface area contributed by atoms with Crippen molar-refractivity contribution < 1.29 is 17.6 Å². The standard InChI is InChI=1S/C15H20F4N2/c1-11-8-14(16)3-2-12(11)4-6-21-7-5-20-9-13(10-21)15(17,18)19/h2-3,8,13,20H,4-7,9-10H2,1H3. The molecule has 0 aromatic heterocycles. The van der Waals surface area contributed by atoms with Crippen LogP contribution in [0, 0.1) is 18.7 Å². The van der Waals surface area contributed by atoms with Crippen LogP contribution < -0.4 is 5.32 Å². The van der Waals surface area contributed by atoms with Gasteiger partial charge in [0.05, 0.1) is 5.92 Å². The van der Waals surface area contributed by atoms with Crippen molar-refractivity contribution in [3.63, 3.8) is 0 Å². The van der Waals surface area contributed by atoms with Gasteiger partial charge in [-0.3, -0.25) is 0 Å². The lowest BCUT2D eigenvalue weighted by atomic mass is 10.0. The molecule has 1 fully saturated rings. The van der Waals surface area contributed by atoms with E-state index in [4.69, 9.17) is 0 Å². The Labute approximate surface area is 122 Å². The lowest BCUT2D eigenvalue weighted by Gasteiger charge is -2.25. The van der Waals surface area contributed by atoms with Crippen molar-refractivity contribution in [1.82, 2.24) is 10.2 Å². The summed E-state index contributed by atoms with van der Waals surface area (Å²) < 4.78 is 51.6. The van der Waals surface area contributed by atoms with Gasteiger partial charge in [-0.25, -0.2) is 4.39 Å². The highest BCUT2D eigenvalue weighted by atomic mass is 19.4. The Balaban J connectivity index is 1.95. The molecule has 1 atom stereocenters. The van der Waals surface area contributed by atoms with Crippen LogP contribution in [-0.4, -0.2) is 43.8 Å². The summed E-state index contributed by atoms with van der Waals surface area (Å²) >= 11 is 0. The molecule has 118 valence electrons. The van der Waals surface area contributed by atoms with Gasteiger partial charge in [0.1, 0.15) is 5.82 Å². The van der Waals surface area contributed by atoms with Crippen LogP contribution in [0.15, 0.2) is 18.2 Å². The molecule has 1 aromatic carbocycles. The van der Waals surface area contributed by atoms with Crippen molar-refractivity contribution in [3.05, 3.63) is 35.1 Å². The quantitative estimate of drug-likeness (QED) is 0.864. The molecule has 1 aliphatic heterocycles. The fourth-order valence-electron chi connectivity index (χ4n) is 2.62. The van der Waals surface area contributed by atoms with Gasteiger partial charge in [-0.05, 0) is 36.6 Å². The van der Waals surface area contributed by atoms with E-state index in [1.807, 2.05) is 11.8 Å². The minimum Gasteiger partial charge on any atom is -0.315 e. The maximum absolute atomic E-state index is 13.0. The predicted molar refractivity (Wildman–Crippen MR) is 73.7 cm³/mol. The second-order valence-corrected chi connectivity index (χ2v) is 5.56. The molecule has 6 heteroatoms. The van der Waals surface area contributed by atoms with Crippen molar-refractivity contribution >= 4 is 0 Å². The highest BCUT2D eigenvalue weighted by molar-refractivity contribution is 5.26. The van der Waals surface area contributed by atoms with E-state index in [1.54, 1.807) is 6.07 Å². The molecule has 1 saturated heterocycles. The Bertz CT molecular complexity index is 473. The smallest absolute Gasteiger partial charge is 0.315 e. The first-order chi connectivity index (χ1) is 9.86. The number of alkyl halides is 3. The minimum absolute atomic E-state index is 0.0183. The summed E-state index contributed by atoms with van der Waals surface area (Å²) in [4.78, 5) is 1.83. The van der Waals surface area contributed by atoms with Crippen LogP contribution in [0.3, 0.4) is 0 Å². The van der Waals surface area contributed by atoms with Gasteiger partial charge < -0.3 is 10.2 Å². The van der Waals surface area contributed by atoms with E-state index >= 15 is 0 Å². The number of nitrogens with one attached hydrogen (secondary N) is 1. The number of aryl methyl sites for hydroxylation is 1. The molecule has 1 aromatic rings. The Hall–Kier alpha value is -1.14. The Kier molecular flexibility index (Phi) is 5.22. The average Bonchev–Trinajstić information content (AvgIpc) is 2.63. The third-order valence-corrected chi connectivity index (χ3v) is 3.94. The zero-order valence-electron chi connectivity index (χ0n) is 12.0. The molecule has 1 heterocycles. The molecule has 1 N–H and O–H groups in total. The van der Waals surface area contributed by atoms with E-state index in [9.17, 15) is 17.6 Å². The highest BCUT2D eigenvalue weighted by Crippen LogP contribution is 2.27. The number of rotatable bonds is 3. The molecule has 0 saturated carbocycles. The zero-order chi connectivity index (χ0) is 15.5. The third-order valence-electron chi connectivity index (χ3n) is 3.94. The van der Waals surface area contributed by atoms with Gasteiger partial charge in [-0.2, -0.15) is 13.2 Å². The fourth-order valence-corrected chi connectivity index (χ4v) is 2.62. The van der Waals surface area contributed by atoms with E-state index in [0.717, 1.165) is 11.1 Å². The second kappa shape index (κ2) is 6.75. The second-order valence-electron chi connectivity index (χ2n) is 5.56. The number of benzene rings is 1. The van der Waals surface area contributed by atoms with Crippen molar-refractivity contribution in [3.8, 4) is 0 Å². The number of nitrogens with zero attached hydrogens (tertiary/aromatic N) is 1. The zero-order valence-corrected chi connectivity index (χ0v) is 12.0. The van der Waals surface area contributed by atoms with Crippen molar-refractivity contribution in [1.29, 1.82) is 0 Å². The van der Waals surface area contributed by atoms with Crippen LogP contribution in [0.1, 0.15) is 11.1 Å². The lowest BCUT2D eigenvalue weighted by molar-refractivity contribution is -0.175. The summed E-state index contributed by atoms with van der Waals surface area (Å²) in [5, 5.41) is 2.84. The summed E-state index contributed by atoms with van der Waals surface area (Å²) in [6.45, 7) is 3.55. The lowest BCUT2D eigenvalue weighted by Crippen LogP contribution is -2.38. The third kappa shape index (κ3) is 4.68. The number of halogens is 4. The molecule has 1 unspecified atom stereocenters. The largest absolute Gasteiger partial charge is 0.394 e. The first kappa shape index (κ1) is 16.2. The average molecular weight is 304 g/mol. The van der Waals surface area contributed by atoms with Crippen LogP contribution in [0.4, 0.5) is 17.6 Å². The van der Waals surface area contributed by atoms with Gasteiger partial charge in [0, 0.05) is 32.7 Å². The Morgan fingerprint density at radius 2 is 2.10 bits per heavy atom. The van der Waals surface area contributed by atoms with Crippen LogP contribution in [0.2, 0.25) is 0 Å². The normalized spacial score (nSPS) is 21.3. The first-order valence-corrected chi connectivity index (χ1v) is 7.11. The van der Waals surface area contributed by atoms with Gasteiger partial charge in [0.15, 0.2) is 0 Å². The van der Waals surface area contributed by atoms with Gasteiger partial charge in [-0.1, -0.05) is 6.07 Å².